The van der Waals surface area contributed by atoms with Gasteiger partial charge in [-0.2, -0.15) is 0 Å². The number of nitrogens with zero attached hydrogens (tertiary/aromatic N) is 4. The zero-order valence-corrected chi connectivity index (χ0v) is 18.2. The minimum atomic E-state index is -0.194. The third kappa shape index (κ3) is 5.72. The molecule has 30 heavy (non-hydrogen) atoms. The number of benzene rings is 1. The maximum atomic E-state index is 12.1. The van der Waals surface area contributed by atoms with Crippen molar-refractivity contribution in [2.24, 2.45) is 0 Å². The van der Waals surface area contributed by atoms with Gasteiger partial charge in [-0.1, -0.05) is 23.8 Å². The molecule has 8 heteroatoms. The minimum Gasteiger partial charge on any atom is -0.504 e. The van der Waals surface area contributed by atoms with Crippen LogP contribution < -0.4 is 10.1 Å². The van der Waals surface area contributed by atoms with Gasteiger partial charge in [0.05, 0.1) is 12.8 Å². The van der Waals surface area contributed by atoms with Gasteiger partial charge in [-0.05, 0) is 52.6 Å². The number of carbonyl (C=O) groups excluding carboxylic acids is 1. The number of rotatable bonds is 9. The smallest absolute Gasteiger partial charge is 0.273 e. The first-order chi connectivity index (χ1) is 14.5. The lowest BCUT2D eigenvalue weighted by atomic mass is 9.98. The van der Waals surface area contributed by atoms with E-state index in [0.29, 0.717) is 37.2 Å². The van der Waals surface area contributed by atoms with E-state index in [-0.39, 0.29) is 17.7 Å². The molecule has 0 aliphatic carbocycles. The fraction of sp³-hybridized carbons (Fsp3) is 0.591. The Balaban J connectivity index is 1.61. The molecule has 1 saturated heterocycles. The molecule has 0 bridgehead atoms. The molecular formula is C22H33N5O3. The number of piperidine rings is 1. The summed E-state index contributed by atoms with van der Waals surface area (Å²) in [6.45, 7) is 8.67. The first-order valence-electron chi connectivity index (χ1n) is 10.9. The Morgan fingerprint density at radius 2 is 2.20 bits per heavy atom. The van der Waals surface area contributed by atoms with Gasteiger partial charge in [0.25, 0.3) is 5.91 Å². The fourth-order valence-electron chi connectivity index (χ4n) is 3.91. The van der Waals surface area contributed by atoms with E-state index in [1.165, 1.54) is 6.42 Å². The number of ether oxygens (including phenoxy) is 1. The van der Waals surface area contributed by atoms with Crippen molar-refractivity contribution in [3.63, 3.8) is 0 Å². The molecule has 0 unspecified atom stereocenters. The second-order valence-corrected chi connectivity index (χ2v) is 8.10. The monoisotopic (exact) mass is 415 g/mol. The molecular weight excluding hydrogens is 382 g/mol. The van der Waals surface area contributed by atoms with Crippen LogP contribution in [0.5, 0.6) is 11.5 Å². The summed E-state index contributed by atoms with van der Waals surface area (Å²) in [4.78, 5) is 14.5. The molecule has 1 atom stereocenters. The molecule has 2 aromatic rings. The van der Waals surface area contributed by atoms with E-state index >= 15 is 0 Å². The number of aromatic hydroxyl groups is 1. The van der Waals surface area contributed by atoms with Crippen molar-refractivity contribution in [2.45, 2.75) is 71.6 Å². The average Bonchev–Trinajstić information content (AvgIpc) is 3.19. The number of aromatic nitrogens is 3. The molecule has 1 amide bonds. The Hall–Kier alpha value is -2.61. The van der Waals surface area contributed by atoms with Gasteiger partial charge in [-0.25, -0.2) is 0 Å². The Bertz CT molecular complexity index is 836. The number of carbonyl (C=O) groups is 1. The second-order valence-electron chi connectivity index (χ2n) is 8.10. The van der Waals surface area contributed by atoms with Gasteiger partial charge in [-0.15, -0.1) is 5.10 Å². The lowest BCUT2D eigenvalue weighted by Crippen LogP contribution is -2.39. The summed E-state index contributed by atoms with van der Waals surface area (Å²) in [7, 11) is 0. The molecule has 3 rings (SSSR count). The van der Waals surface area contributed by atoms with Crippen LogP contribution >= 0.6 is 0 Å². The largest absolute Gasteiger partial charge is 0.504 e. The lowest BCUT2D eigenvalue weighted by molar-refractivity contribution is 0.0938. The van der Waals surface area contributed by atoms with Gasteiger partial charge >= 0.3 is 0 Å². The van der Waals surface area contributed by atoms with Gasteiger partial charge in [0.1, 0.15) is 0 Å². The Morgan fingerprint density at radius 3 is 2.97 bits per heavy atom. The summed E-state index contributed by atoms with van der Waals surface area (Å²) < 4.78 is 7.27. The lowest BCUT2D eigenvalue weighted by Gasteiger charge is -2.36. The van der Waals surface area contributed by atoms with E-state index in [4.69, 9.17) is 4.74 Å². The van der Waals surface area contributed by atoms with Crippen LogP contribution in [-0.2, 0) is 13.1 Å². The Morgan fingerprint density at radius 1 is 1.37 bits per heavy atom. The second kappa shape index (κ2) is 10.4. The maximum Gasteiger partial charge on any atom is 0.273 e. The van der Waals surface area contributed by atoms with Crippen LogP contribution in [0.1, 0.15) is 62.5 Å². The van der Waals surface area contributed by atoms with E-state index in [9.17, 15) is 9.90 Å². The van der Waals surface area contributed by atoms with Crippen molar-refractivity contribution in [1.82, 2.24) is 25.2 Å². The molecule has 2 N–H and O–H groups in total. The zero-order chi connectivity index (χ0) is 21.5. The number of phenolic OH excluding ortho intramolecular Hbond substituents is 1. The number of hydrogen-bond donors (Lipinski definition) is 2. The van der Waals surface area contributed by atoms with Gasteiger partial charge in [-0.3, -0.25) is 14.4 Å². The highest BCUT2D eigenvalue weighted by molar-refractivity contribution is 5.91. The van der Waals surface area contributed by atoms with E-state index < -0.39 is 0 Å². The molecule has 164 valence electrons. The third-order valence-electron chi connectivity index (χ3n) is 5.39. The predicted octanol–water partition coefficient (Wildman–Crippen LogP) is 2.97. The molecule has 0 radical (unpaired) electrons. The number of nitrogens with one attached hydrogen (secondary N) is 1. The summed E-state index contributed by atoms with van der Waals surface area (Å²) in [5, 5.41) is 21.5. The van der Waals surface area contributed by atoms with Gasteiger partial charge < -0.3 is 15.2 Å². The number of para-hydroxylation sites is 1. The highest BCUT2D eigenvalue weighted by Crippen LogP contribution is 2.32. The summed E-state index contributed by atoms with van der Waals surface area (Å²) >= 11 is 0. The maximum absolute atomic E-state index is 12.1. The van der Waals surface area contributed by atoms with Crippen LogP contribution in [0.15, 0.2) is 24.4 Å². The van der Waals surface area contributed by atoms with Crippen molar-refractivity contribution >= 4 is 5.91 Å². The quantitative estimate of drug-likeness (QED) is 0.654. The van der Waals surface area contributed by atoms with E-state index in [1.54, 1.807) is 16.9 Å². The van der Waals surface area contributed by atoms with Crippen LogP contribution in [0.4, 0.5) is 0 Å². The van der Waals surface area contributed by atoms with Crippen molar-refractivity contribution in [2.75, 3.05) is 13.2 Å². The van der Waals surface area contributed by atoms with Crippen molar-refractivity contribution in [3.8, 4) is 11.5 Å². The number of aryl methyl sites for hydroxylation is 1. The van der Waals surface area contributed by atoms with Crippen molar-refractivity contribution < 1.29 is 14.6 Å². The molecule has 8 nitrogen and oxygen atoms in total. The van der Waals surface area contributed by atoms with E-state index in [1.807, 2.05) is 32.9 Å². The summed E-state index contributed by atoms with van der Waals surface area (Å²) in [5.41, 5.74) is 1.24. The highest BCUT2D eigenvalue weighted by Gasteiger charge is 2.24. The first kappa shape index (κ1) is 22.1. The van der Waals surface area contributed by atoms with Crippen molar-refractivity contribution in [3.05, 3.63) is 35.7 Å². The number of hydrogen-bond acceptors (Lipinski definition) is 6. The van der Waals surface area contributed by atoms with Crippen LogP contribution in [0.25, 0.3) is 0 Å². The summed E-state index contributed by atoms with van der Waals surface area (Å²) in [6.07, 6.45) is 6.10. The first-order valence-corrected chi connectivity index (χ1v) is 10.9. The molecule has 1 fully saturated rings. The average molecular weight is 416 g/mol. The molecule has 0 saturated carbocycles. The zero-order valence-electron chi connectivity index (χ0n) is 18.2. The highest BCUT2D eigenvalue weighted by atomic mass is 16.5. The van der Waals surface area contributed by atoms with E-state index in [0.717, 1.165) is 31.4 Å². The minimum absolute atomic E-state index is 0.0658. The molecule has 1 aromatic carbocycles. The summed E-state index contributed by atoms with van der Waals surface area (Å²) in [6, 6.07) is 6.15. The molecule has 1 aliphatic heterocycles. The standard InChI is InChI=1S/C22H33N5O3/c1-4-30-20-10-7-8-17(21(20)28)14-26-12-6-5-9-18(26)11-13-27-15-19(24-25-27)22(29)23-16(2)3/h7-8,10,15-16,18,28H,4-6,9,11-14H2,1-3H3,(H,23,29)/t18-/m1/s1. The van der Waals surface area contributed by atoms with Gasteiger partial charge in [0.2, 0.25) is 0 Å². The van der Waals surface area contributed by atoms with E-state index in [2.05, 4.69) is 20.5 Å². The van der Waals surface area contributed by atoms with Crippen molar-refractivity contribution in [1.29, 1.82) is 0 Å². The predicted molar refractivity (Wildman–Crippen MR) is 115 cm³/mol. The third-order valence-corrected chi connectivity index (χ3v) is 5.39. The van der Waals surface area contributed by atoms with Crippen LogP contribution in [0.2, 0.25) is 0 Å². The van der Waals surface area contributed by atoms with Crippen LogP contribution in [0, 0.1) is 0 Å². The van der Waals surface area contributed by atoms with Gasteiger partial charge in [0.15, 0.2) is 17.2 Å². The van der Waals surface area contributed by atoms with Crippen LogP contribution in [0.3, 0.4) is 0 Å². The van der Waals surface area contributed by atoms with Crippen LogP contribution in [-0.4, -0.2) is 56.1 Å². The number of phenols is 1. The normalized spacial score (nSPS) is 17.3. The molecule has 1 aromatic heterocycles. The number of amides is 1. The SMILES string of the molecule is CCOc1cccc(CN2CCCC[C@@H]2CCn2cc(C(=O)NC(C)C)nn2)c1O. The molecule has 0 spiro atoms. The summed E-state index contributed by atoms with van der Waals surface area (Å²) in [5.74, 6) is 0.583. The Labute approximate surface area is 178 Å². The molecule has 2 heterocycles. The number of likely N-dealkylation sites (tertiary alicyclic amines) is 1. The molecule has 1 aliphatic rings. The van der Waals surface area contributed by atoms with Gasteiger partial charge in [0, 0.05) is 30.7 Å². The fourth-order valence-corrected chi connectivity index (χ4v) is 3.91. The topological polar surface area (TPSA) is 92.5 Å². The Kier molecular flexibility index (Phi) is 7.68.